The van der Waals surface area contributed by atoms with Crippen LogP contribution >= 0.6 is 0 Å². The molecule has 2 N–H and O–H groups in total. The molecule has 0 saturated heterocycles. The van der Waals surface area contributed by atoms with Crippen LogP contribution in [0.1, 0.15) is 5.56 Å². The van der Waals surface area contributed by atoms with E-state index >= 15 is 0 Å². The van der Waals surface area contributed by atoms with Crippen molar-refractivity contribution in [1.29, 1.82) is 0 Å². The molecule has 2 heterocycles. The summed E-state index contributed by atoms with van der Waals surface area (Å²) in [4.78, 5) is -0.120. The molecular formula is C20H21N5O5S. The fourth-order valence-electron chi connectivity index (χ4n) is 3.34. The van der Waals surface area contributed by atoms with Crippen LogP contribution in [-0.4, -0.2) is 49.7 Å². The van der Waals surface area contributed by atoms with Crippen molar-refractivity contribution in [3.63, 3.8) is 0 Å². The summed E-state index contributed by atoms with van der Waals surface area (Å²) in [6, 6.07) is 10.3. The average Bonchev–Trinajstić information content (AvgIpc) is 3.42. The number of hydrogen-bond acceptors (Lipinski definition) is 7. The first kappa shape index (κ1) is 20.5. The van der Waals surface area contributed by atoms with E-state index < -0.39 is 10.0 Å². The molecule has 31 heavy (non-hydrogen) atoms. The lowest BCUT2D eigenvalue weighted by atomic mass is 10.1. The molecule has 0 fully saturated rings. The van der Waals surface area contributed by atoms with E-state index in [1.54, 1.807) is 29.1 Å². The third kappa shape index (κ3) is 3.87. The zero-order chi connectivity index (χ0) is 22.0. The molecule has 0 atom stereocenters. The summed E-state index contributed by atoms with van der Waals surface area (Å²) in [5, 5.41) is 11.7. The van der Waals surface area contributed by atoms with E-state index in [4.69, 9.17) is 14.2 Å². The molecule has 0 unspecified atom stereocenters. The van der Waals surface area contributed by atoms with Crippen molar-refractivity contribution >= 4 is 26.7 Å². The summed E-state index contributed by atoms with van der Waals surface area (Å²) in [6.45, 7) is 0.526. The number of rotatable bonds is 8. The molecule has 0 bridgehead atoms. The maximum absolute atomic E-state index is 13.2. The molecule has 162 valence electrons. The van der Waals surface area contributed by atoms with Gasteiger partial charge in [0.1, 0.15) is 17.2 Å². The van der Waals surface area contributed by atoms with Gasteiger partial charge in [-0.05, 0) is 35.9 Å². The second-order valence-corrected chi connectivity index (χ2v) is 8.21. The van der Waals surface area contributed by atoms with E-state index in [1.807, 2.05) is 24.4 Å². The second-order valence-electron chi connectivity index (χ2n) is 6.59. The number of nitrogens with zero attached hydrogens (tertiary/aromatic N) is 3. The van der Waals surface area contributed by atoms with Gasteiger partial charge < -0.3 is 14.2 Å². The van der Waals surface area contributed by atoms with Gasteiger partial charge in [-0.25, -0.2) is 8.42 Å². The molecule has 2 aromatic heterocycles. The molecule has 11 heteroatoms. The number of fused-ring (bicyclic) bond motifs is 1. The Balaban J connectivity index is 1.76. The van der Waals surface area contributed by atoms with Crippen molar-refractivity contribution in [1.82, 2.24) is 20.0 Å². The third-order valence-corrected chi connectivity index (χ3v) is 6.09. The van der Waals surface area contributed by atoms with Crippen LogP contribution in [0.5, 0.6) is 17.2 Å². The number of sulfonamides is 1. The first-order chi connectivity index (χ1) is 15.0. The number of nitrogens with one attached hydrogen (secondary N) is 2. The summed E-state index contributed by atoms with van der Waals surface area (Å²) < 4.78 is 46.7. The molecule has 0 amide bonds. The van der Waals surface area contributed by atoms with E-state index in [9.17, 15) is 8.42 Å². The van der Waals surface area contributed by atoms with E-state index in [0.717, 1.165) is 5.56 Å². The molecule has 4 aromatic rings. The average molecular weight is 443 g/mol. The Labute approximate surface area is 178 Å². The Kier molecular flexibility index (Phi) is 5.42. The minimum atomic E-state index is -4.09. The monoisotopic (exact) mass is 443 g/mol. The van der Waals surface area contributed by atoms with Crippen LogP contribution in [0, 0.1) is 0 Å². The molecule has 0 aliphatic heterocycles. The number of hydrogen-bond donors (Lipinski definition) is 2. The highest BCUT2D eigenvalue weighted by molar-refractivity contribution is 7.93. The van der Waals surface area contributed by atoms with Crippen molar-refractivity contribution in [2.45, 2.75) is 11.4 Å². The van der Waals surface area contributed by atoms with Gasteiger partial charge in [0.2, 0.25) is 0 Å². The highest BCUT2D eigenvalue weighted by atomic mass is 32.2. The number of aromatic nitrogens is 4. The topological polar surface area (TPSA) is 120 Å². The van der Waals surface area contributed by atoms with Gasteiger partial charge in [0.05, 0.1) is 38.8 Å². The van der Waals surface area contributed by atoms with Crippen molar-refractivity contribution in [3.8, 4) is 17.2 Å². The Bertz CT molecular complexity index is 1290. The van der Waals surface area contributed by atoms with Gasteiger partial charge in [0.25, 0.3) is 10.0 Å². The Morgan fingerprint density at radius 2 is 1.74 bits per heavy atom. The highest BCUT2D eigenvalue weighted by Crippen LogP contribution is 2.37. The number of benzene rings is 2. The van der Waals surface area contributed by atoms with Crippen molar-refractivity contribution in [3.05, 3.63) is 54.4 Å². The van der Waals surface area contributed by atoms with Crippen molar-refractivity contribution in [2.75, 3.05) is 26.1 Å². The first-order valence-corrected chi connectivity index (χ1v) is 10.7. The highest BCUT2D eigenvalue weighted by Gasteiger charge is 2.27. The SMILES string of the molecule is COc1cccc(OC)c1S(=O)(=O)Nc1n[nH]c2cc(Cn3cccn3)cc(OC)c12. The van der Waals surface area contributed by atoms with Crippen LogP contribution in [-0.2, 0) is 16.6 Å². The summed E-state index contributed by atoms with van der Waals surface area (Å²) in [6.07, 6.45) is 3.55. The van der Waals surface area contributed by atoms with E-state index in [2.05, 4.69) is 20.0 Å². The lowest BCUT2D eigenvalue weighted by molar-refractivity contribution is 0.373. The largest absolute Gasteiger partial charge is 0.496 e. The fraction of sp³-hybridized carbons (Fsp3) is 0.200. The molecule has 0 aliphatic rings. The molecule has 0 spiro atoms. The number of anilines is 1. The number of aromatic amines is 1. The zero-order valence-corrected chi connectivity index (χ0v) is 17.9. The molecular weight excluding hydrogens is 422 g/mol. The van der Waals surface area contributed by atoms with Gasteiger partial charge in [-0.3, -0.25) is 14.5 Å². The number of methoxy groups -OCH3 is 3. The standard InChI is InChI=1S/C20H21N5O5S/c1-28-15-6-4-7-16(29-2)19(15)31(26,27)24-20-18-14(22-23-20)10-13(11-17(18)30-3)12-25-9-5-8-21-25/h4-11H,12H2,1-3H3,(H2,22,23,24). The number of H-pyrrole nitrogens is 1. The predicted molar refractivity (Wildman–Crippen MR) is 114 cm³/mol. The summed E-state index contributed by atoms with van der Waals surface area (Å²) in [7, 11) is 0.208. The van der Waals surface area contributed by atoms with Crippen molar-refractivity contribution in [2.24, 2.45) is 0 Å². The van der Waals surface area contributed by atoms with Crippen LogP contribution in [0.3, 0.4) is 0 Å². The maximum Gasteiger partial charge on any atom is 0.270 e. The summed E-state index contributed by atoms with van der Waals surface area (Å²) >= 11 is 0. The molecule has 0 radical (unpaired) electrons. The predicted octanol–water partition coefficient (Wildman–Crippen LogP) is 2.63. The van der Waals surface area contributed by atoms with Crippen LogP contribution in [0.4, 0.5) is 5.82 Å². The normalized spacial score (nSPS) is 11.5. The Morgan fingerprint density at radius 1 is 1.03 bits per heavy atom. The van der Waals surface area contributed by atoms with Gasteiger partial charge in [-0.15, -0.1) is 0 Å². The maximum atomic E-state index is 13.2. The first-order valence-electron chi connectivity index (χ1n) is 9.23. The minimum Gasteiger partial charge on any atom is -0.496 e. The molecule has 4 rings (SSSR count). The lowest BCUT2D eigenvalue weighted by Gasteiger charge is -2.14. The van der Waals surface area contributed by atoms with Crippen LogP contribution in [0.25, 0.3) is 10.9 Å². The van der Waals surface area contributed by atoms with Gasteiger partial charge in [-0.1, -0.05) is 6.07 Å². The van der Waals surface area contributed by atoms with Gasteiger partial charge >= 0.3 is 0 Å². The molecule has 2 aromatic carbocycles. The van der Waals surface area contributed by atoms with Crippen LogP contribution in [0.2, 0.25) is 0 Å². The minimum absolute atomic E-state index is 0.102. The van der Waals surface area contributed by atoms with Crippen LogP contribution < -0.4 is 18.9 Å². The third-order valence-electron chi connectivity index (χ3n) is 4.69. The van der Waals surface area contributed by atoms with Gasteiger partial charge in [0.15, 0.2) is 10.7 Å². The zero-order valence-electron chi connectivity index (χ0n) is 17.1. The van der Waals surface area contributed by atoms with Gasteiger partial charge in [0, 0.05) is 12.4 Å². The molecule has 0 saturated carbocycles. The Hall–Kier alpha value is -3.73. The fourth-order valence-corrected chi connectivity index (χ4v) is 4.68. The number of ether oxygens (including phenoxy) is 3. The van der Waals surface area contributed by atoms with E-state index in [-0.39, 0.29) is 22.2 Å². The van der Waals surface area contributed by atoms with E-state index in [0.29, 0.717) is 23.2 Å². The van der Waals surface area contributed by atoms with E-state index in [1.165, 1.54) is 21.3 Å². The summed E-state index contributed by atoms with van der Waals surface area (Å²) in [5.41, 5.74) is 1.53. The Morgan fingerprint density at radius 3 is 2.35 bits per heavy atom. The smallest absolute Gasteiger partial charge is 0.270 e. The second kappa shape index (κ2) is 8.19. The molecule has 10 nitrogen and oxygen atoms in total. The lowest BCUT2D eigenvalue weighted by Crippen LogP contribution is -2.16. The summed E-state index contributed by atoms with van der Waals surface area (Å²) in [5.74, 6) is 0.879. The van der Waals surface area contributed by atoms with Crippen LogP contribution in [0.15, 0.2) is 53.7 Å². The quantitative estimate of drug-likeness (QED) is 0.429. The molecule has 0 aliphatic carbocycles. The van der Waals surface area contributed by atoms with Gasteiger partial charge in [-0.2, -0.15) is 10.2 Å². The van der Waals surface area contributed by atoms with Crippen molar-refractivity contribution < 1.29 is 22.6 Å².